The molecule has 3 rings (SSSR count). The SMILES string of the molecule is Bc1cnn2c(NCc3cccnc3)cc(NCCCCCO)nc12. The number of aliphatic hydroxyl groups excluding tert-OH is 1. The molecule has 7 nitrogen and oxygen atoms in total. The van der Waals surface area contributed by atoms with E-state index in [1.807, 2.05) is 43.0 Å². The molecular weight excluding hydrogens is 315 g/mol. The normalized spacial score (nSPS) is 10.9. The van der Waals surface area contributed by atoms with Crippen molar-refractivity contribution in [3.8, 4) is 0 Å². The first-order chi connectivity index (χ1) is 12.3. The quantitative estimate of drug-likeness (QED) is 0.391. The van der Waals surface area contributed by atoms with Crippen LogP contribution >= 0.6 is 0 Å². The van der Waals surface area contributed by atoms with E-state index in [-0.39, 0.29) is 6.61 Å². The van der Waals surface area contributed by atoms with Gasteiger partial charge in [0.25, 0.3) is 0 Å². The molecule has 130 valence electrons. The Kier molecular flexibility index (Phi) is 5.84. The molecule has 0 unspecified atom stereocenters. The lowest BCUT2D eigenvalue weighted by Gasteiger charge is -2.12. The second kappa shape index (κ2) is 8.48. The van der Waals surface area contributed by atoms with E-state index in [9.17, 15) is 0 Å². The summed E-state index contributed by atoms with van der Waals surface area (Å²) in [5, 5.41) is 20.0. The van der Waals surface area contributed by atoms with Crippen molar-refractivity contribution in [1.82, 2.24) is 19.6 Å². The number of hydrogen-bond acceptors (Lipinski definition) is 6. The van der Waals surface area contributed by atoms with Crippen molar-refractivity contribution < 1.29 is 5.11 Å². The van der Waals surface area contributed by atoms with Crippen molar-refractivity contribution in [3.05, 3.63) is 42.4 Å². The Balaban J connectivity index is 1.73. The molecule has 0 aliphatic heterocycles. The summed E-state index contributed by atoms with van der Waals surface area (Å²) >= 11 is 0. The lowest BCUT2D eigenvalue weighted by Crippen LogP contribution is -2.12. The largest absolute Gasteiger partial charge is 0.396 e. The number of nitrogens with zero attached hydrogens (tertiary/aromatic N) is 4. The van der Waals surface area contributed by atoms with Crippen LogP contribution in [0.4, 0.5) is 11.6 Å². The highest BCUT2D eigenvalue weighted by Crippen LogP contribution is 2.16. The summed E-state index contributed by atoms with van der Waals surface area (Å²) < 4.78 is 1.82. The fourth-order valence-corrected chi connectivity index (χ4v) is 2.61. The van der Waals surface area contributed by atoms with E-state index in [0.717, 1.165) is 54.1 Å². The van der Waals surface area contributed by atoms with Crippen LogP contribution in [0.15, 0.2) is 36.8 Å². The molecule has 3 aromatic heterocycles. The molecule has 0 saturated heterocycles. The number of unbranched alkanes of at least 4 members (excludes halogenated alkanes) is 2. The number of aliphatic hydroxyl groups is 1. The second-order valence-corrected chi connectivity index (χ2v) is 6.02. The van der Waals surface area contributed by atoms with Crippen LogP contribution in [0.5, 0.6) is 0 Å². The monoisotopic (exact) mass is 338 g/mol. The highest BCUT2D eigenvalue weighted by atomic mass is 16.2. The Morgan fingerprint density at radius 3 is 2.88 bits per heavy atom. The molecule has 3 aromatic rings. The van der Waals surface area contributed by atoms with Crippen LogP contribution in [0.2, 0.25) is 0 Å². The molecule has 0 atom stereocenters. The van der Waals surface area contributed by atoms with Crippen LogP contribution in [0.1, 0.15) is 24.8 Å². The molecule has 8 heteroatoms. The van der Waals surface area contributed by atoms with Gasteiger partial charge < -0.3 is 15.7 Å². The molecule has 0 spiro atoms. The lowest BCUT2D eigenvalue weighted by molar-refractivity contribution is 0.283. The van der Waals surface area contributed by atoms with E-state index >= 15 is 0 Å². The van der Waals surface area contributed by atoms with Gasteiger partial charge in [-0.2, -0.15) is 9.61 Å². The Hall–Kier alpha value is -2.61. The molecule has 0 saturated carbocycles. The van der Waals surface area contributed by atoms with Gasteiger partial charge in [-0.05, 0) is 36.4 Å². The summed E-state index contributed by atoms with van der Waals surface area (Å²) in [7, 11) is 2.01. The van der Waals surface area contributed by atoms with E-state index in [4.69, 9.17) is 5.11 Å². The third kappa shape index (κ3) is 4.48. The fourth-order valence-electron chi connectivity index (χ4n) is 2.61. The van der Waals surface area contributed by atoms with Crippen molar-refractivity contribution in [3.63, 3.8) is 0 Å². The molecule has 0 aromatic carbocycles. The average molecular weight is 338 g/mol. The fraction of sp³-hybridized carbons (Fsp3) is 0.353. The molecule has 0 amide bonds. The van der Waals surface area contributed by atoms with E-state index in [1.165, 1.54) is 0 Å². The van der Waals surface area contributed by atoms with Gasteiger partial charge in [0, 0.05) is 44.4 Å². The van der Waals surface area contributed by atoms with Gasteiger partial charge in [0.15, 0.2) is 5.65 Å². The molecule has 0 aliphatic rings. The summed E-state index contributed by atoms with van der Waals surface area (Å²) in [4.78, 5) is 8.80. The maximum Gasteiger partial charge on any atom is 0.153 e. The molecule has 0 radical (unpaired) electrons. The zero-order chi connectivity index (χ0) is 17.5. The Bertz CT molecular complexity index is 808. The predicted molar refractivity (Wildman–Crippen MR) is 102 cm³/mol. The first-order valence-corrected chi connectivity index (χ1v) is 8.61. The second-order valence-electron chi connectivity index (χ2n) is 6.02. The maximum absolute atomic E-state index is 8.84. The number of anilines is 2. The molecule has 0 fully saturated rings. The number of fused-ring (bicyclic) bond motifs is 1. The molecule has 25 heavy (non-hydrogen) atoms. The number of nitrogens with one attached hydrogen (secondary N) is 2. The number of pyridine rings is 1. The highest BCUT2D eigenvalue weighted by Gasteiger charge is 2.09. The summed E-state index contributed by atoms with van der Waals surface area (Å²) in [6.45, 7) is 1.75. The number of rotatable bonds is 9. The van der Waals surface area contributed by atoms with Crippen LogP contribution in [-0.2, 0) is 6.54 Å². The summed E-state index contributed by atoms with van der Waals surface area (Å²) in [6.07, 6.45) is 8.29. The van der Waals surface area contributed by atoms with Gasteiger partial charge in [-0.1, -0.05) is 6.07 Å². The topological polar surface area (TPSA) is 87.4 Å². The van der Waals surface area contributed by atoms with Crippen molar-refractivity contribution in [1.29, 1.82) is 0 Å². The van der Waals surface area contributed by atoms with Gasteiger partial charge in [-0.15, -0.1) is 0 Å². The standard InChI is InChI=1S/C17H23BN6O/c18-14-12-22-24-16(21-11-13-5-4-6-19-10-13)9-15(23-17(14)24)20-7-2-1-3-8-25/h4-6,9-10,12,21,25H,1-3,7-8,11,18H2,(H,20,23). The Morgan fingerprint density at radius 2 is 2.08 bits per heavy atom. The van der Waals surface area contributed by atoms with Gasteiger partial charge in [0.2, 0.25) is 0 Å². The highest BCUT2D eigenvalue weighted by molar-refractivity contribution is 6.36. The summed E-state index contributed by atoms with van der Waals surface area (Å²) in [6, 6.07) is 5.94. The van der Waals surface area contributed by atoms with Crippen LogP contribution in [0.25, 0.3) is 5.65 Å². The van der Waals surface area contributed by atoms with Crippen LogP contribution < -0.4 is 16.1 Å². The third-order valence-electron chi connectivity index (χ3n) is 3.99. The molecule has 0 bridgehead atoms. The minimum Gasteiger partial charge on any atom is -0.396 e. The minimum absolute atomic E-state index is 0.252. The smallest absolute Gasteiger partial charge is 0.153 e. The zero-order valence-corrected chi connectivity index (χ0v) is 14.4. The third-order valence-corrected chi connectivity index (χ3v) is 3.99. The van der Waals surface area contributed by atoms with Crippen LogP contribution in [-0.4, -0.2) is 45.7 Å². The Labute approximate surface area is 147 Å². The molecule has 3 heterocycles. The molecule has 0 aliphatic carbocycles. The molecular formula is C17H23BN6O. The van der Waals surface area contributed by atoms with Crippen molar-refractivity contribution in [2.45, 2.75) is 25.8 Å². The van der Waals surface area contributed by atoms with E-state index in [2.05, 4.69) is 25.7 Å². The number of aromatic nitrogens is 4. The van der Waals surface area contributed by atoms with E-state index in [0.29, 0.717) is 6.54 Å². The van der Waals surface area contributed by atoms with Crippen molar-refractivity contribution in [2.24, 2.45) is 0 Å². The van der Waals surface area contributed by atoms with Gasteiger partial charge in [0.05, 0.1) is 0 Å². The van der Waals surface area contributed by atoms with Gasteiger partial charge >= 0.3 is 0 Å². The number of hydrogen-bond donors (Lipinski definition) is 3. The summed E-state index contributed by atoms with van der Waals surface area (Å²) in [5.41, 5.74) is 2.98. The van der Waals surface area contributed by atoms with E-state index in [1.54, 1.807) is 6.20 Å². The average Bonchev–Trinajstić information content (AvgIpc) is 3.02. The van der Waals surface area contributed by atoms with Gasteiger partial charge in [-0.3, -0.25) is 4.98 Å². The first-order valence-electron chi connectivity index (χ1n) is 8.61. The summed E-state index contributed by atoms with van der Waals surface area (Å²) in [5.74, 6) is 1.72. The lowest BCUT2D eigenvalue weighted by atomic mass is 10.0. The Morgan fingerprint density at radius 1 is 1.16 bits per heavy atom. The van der Waals surface area contributed by atoms with Gasteiger partial charge in [-0.25, -0.2) is 4.98 Å². The predicted octanol–water partition coefficient (Wildman–Crippen LogP) is 0.569. The van der Waals surface area contributed by atoms with Crippen LogP contribution in [0, 0.1) is 0 Å². The van der Waals surface area contributed by atoms with E-state index < -0.39 is 0 Å². The zero-order valence-electron chi connectivity index (χ0n) is 14.4. The van der Waals surface area contributed by atoms with Crippen molar-refractivity contribution in [2.75, 3.05) is 23.8 Å². The maximum atomic E-state index is 8.84. The van der Waals surface area contributed by atoms with Crippen LogP contribution in [0.3, 0.4) is 0 Å². The minimum atomic E-state index is 0.252. The molecule has 3 N–H and O–H groups in total. The van der Waals surface area contributed by atoms with Gasteiger partial charge in [0.1, 0.15) is 19.5 Å². The first kappa shape index (κ1) is 17.2. The van der Waals surface area contributed by atoms with Crippen molar-refractivity contribution >= 4 is 30.6 Å².